The number of benzene rings is 3. The van der Waals surface area contributed by atoms with Crippen LogP contribution in [-0.2, 0) is 0 Å². The quantitative estimate of drug-likeness (QED) is 0.373. The standard InChI is InChI=1S/C23H19N5O3/c1-31-20-13-12-16(14-19(20)29)15-24-26-23(30)21-25-22(17-8-4-2-5-9-17)28(27-21)18-10-6-3-7-11-18/h2-15,29H,1H3,(H,26,30)/b24-15+. The van der Waals surface area contributed by atoms with Gasteiger partial charge in [-0.3, -0.25) is 4.79 Å². The number of methoxy groups -OCH3 is 1. The predicted octanol–water partition coefficient (Wildman–Crippen LogP) is 3.41. The highest BCUT2D eigenvalue weighted by molar-refractivity contribution is 5.92. The van der Waals surface area contributed by atoms with Gasteiger partial charge in [-0.05, 0) is 35.9 Å². The Hall–Kier alpha value is -4.46. The molecule has 1 amide bonds. The minimum Gasteiger partial charge on any atom is -0.504 e. The van der Waals surface area contributed by atoms with Gasteiger partial charge in [-0.25, -0.2) is 15.1 Å². The lowest BCUT2D eigenvalue weighted by Crippen LogP contribution is -2.19. The van der Waals surface area contributed by atoms with Crippen molar-refractivity contribution in [1.29, 1.82) is 0 Å². The van der Waals surface area contributed by atoms with Crippen molar-refractivity contribution >= 4 is 12.1 Å². The zero-order chi connectivity index (χ0) is 21.6. The van der Waals surface area contributed by atoms with Crippen molar-refractivity contribution in [3.05, 3.63) is 90.3 Å². The van der Waals surface area contributed by atoms with Crippen molar-refractivity contribution in [2.75, 3.05) is 7.11 Å². The molecule has 1 aromatic heterocycles. The predicted molar refractivity (Wildman–Crippen MR) is 117 cm³/mol. The first-order valence-electron chi connectivity index (χ1n) is 9.44. The van der Waals surface area contributed by atoms with Crippen LogP contribution in [0.2, 0.25) is 0 Å². The highest BCUT2D eigenvalue weighted by Gasteiger charge is 2.18. The Labute approximate surface area is 178 Å². The average Bonchev–Trinajstić information content (AvgIpc) is 3.26. The molecular weight excluding hydrogens is 394 g/mol. The fourth-order valence-corrected chi connectivity index (χ4v) is 2.93. The van der Waals surface area contributed by atoms with Crippen LogP contribution in [0.3, 0.4) is 0 Å². The van der Waals surface area contributed by atoms with Gasteiger partial charge >= 0.3 is 5.91 Å². The molecule has 8 heteroatoms. The minimum atomic E-state index is -0.555. The maximum absolute atomic E-state index is 12.6. The second-order valence-electron chi connectivity index (χ2n) is 6.50. The molecule has 0 saturated heterocycles. The number of amides is 1. The van der Waals surface area contributed by atoms with Crippen LogP contribution >= 0.6 is 0 Å². The number of para-hydroxylation sites is 1. The molecule has 4 aromatic rings. The molecule has 31 heavy (non-hydrogen) atoms. The van der Waals surface area contributed by atoms with Gasteiger partial charge in [-0.1, -0.05) is 48.5 Å². The van der Waals surface area contributed by atoms with E-state index in [2.05, 4.69) is 20.6 Å². The van der Waals surface area contributed by atoms with Crippen LogP contribution in [0.5, 0.6) is 11.5 Å². The molecule has 0 aliphatic carbocycles. The number of aromatic hydroxyl groups is 1. The summed E-state index contributed by atoms with van der Waals surface area (Å²) in [6, 6.07) is 23.7. The highest BCUT2D eigenvalue weighted by atomic mass is 16.5. The summed E-state index contributed by atoms with van der Waals surface area (Å²) >= 11 is 0. The molecule has 154 valence electrons. The molecule has 0 spiro atoms. The number of carbonyl (C=O) groups is 1. The van der Waals surface area contributed by atoms with Gasteiger partial charge in [0.1, 0.15) is 0 Å². The summed E-state index contributed by atoms with van der Waals surface area (Å²) in [4.78, 5) is 17.0. The lowest BCUT2D eigenvalue weighted by atomic mass is 10.2. The van der Waals surface area contributed by atoms with Gasteiger partial charge in [0.25, 0.3) is 0 Å². The Morgan fingerprint density at radius 1 is 1.06 bits per heavy atom. The van der Waals surface area contributed by atoms with Crippen LogP contribution < -0.4 is 10.2 Å². The number of carbonyl (C=O) groups excluding carboxylic acids is 1. The summed E-state index contributed by atoms with van der Waals surface area (Å²) in [5, 5.41) is 18.1. The van der Waals surface area contributed by atoms with E-state index in [0.29, 0.717) is 17.1 Å². The summed E-state index contributed by atoms with van der Waals surface area (Å²) in [5.74, 6) is 0.304. The maximum Gasteiger partial charge on any atom is 0.311 e. The fraction of sp³-hybridized carbons (Fsp3) is 0.0435. The third-order valence-corrected chi connectivity index (χ3v) is 4.43. The molecule has 0 radical (unpaired) electrons. The molecule has 0 fully saturated rings. The number of rotatable bonds is 6. The van der Waals surface area contributed by atoms with Gasteiger partial charge in [0.15, 0.2) is 17.3 Å². The van der Waals surface area contributed by atoms with E-state index in [1.54, 1.807) is 16.8 Å². The van der Waals surface area contributed by atoms with E-state index < -0.39 is 5.91 Å². The molecule has 0 unspecified atom stereocenters. The number of phenols is 1. The number of aromatic nitrogens is 3. The molecule has 4 rings (SSSR count). The lowest BCUT2D eigenvalue weighted by molar-refractivity contribution is 0.0945. The van der Waals surface area contributed by atoms with Crippen LogP contribution in [0.4, 0.5) is 0 Å². The molecule has 0 aliphatic rings. The van der Waals surface area contributed by atoms with Crippen LogP contribution in [0.25, 0.3) is 17.1 Å². The molecule has 3 aromatic carbocycles. The largest absolute Gasteiger partial charge is 0.504 e. The zero-order valence-corrected chi connectivity index (χ0v) is 16.6. The molecular formula is C23H19N5O3. The highest BCUT2D eigenvalue weighted by Crippen LogP contribution is 2.25. The summed E-state index contributed by atoms with van der Waals surface area (Å²) in [6.07, 6.45) is 1.41. The second-order valence-corrected chi connectivity index (χ2v) is 6.50. The van der Waals surface area contributed by atoms with Gasteiger partial charge in [-0.2, -0.15) is 5.10 Å². The number of hydrogen-bond acceptors (Lipinski definition) is 6. The van der Waals surface area contributed by atoms with Crippen molar-refractivity contribution in [2.24, 2.45) is 5.10 Å². The van der Waals surface area contributed by atoms with Crippen molar-refractivity contribution in [3.63, 3.8) is 0 Å². The van der Waals surface area contributed by atoms with Gasteiger partial charge < -0.3 is 9.84 Å². The van der Waals surface area contributed by atoms with Gasteiger partial charge in [0.2, 0.25) is 5.82 Å². The van der Waals surface area contributed by atoms with E-state index in [1.807, 2.05) is 60.7 Å². The van der Waals surface area contributed by atoms with Gasteiger partial charge in [0.05, 0.1) is 19.0 Å². The number of hydrogen-bond donors (Lipinski definition) is 2. The molecule has 0 bridgehead atoms. The SMILES string of the molecule is COc1ccc(/C=N/NC(=O)c2nc(-c3ccccc3)n(-c3ccccc3)n2)cc1O. The topological polar surface area (TPSA) is 102 Å². The van der Waals surface area contributed by atoms with E-state index in [1.165, 1.54) is 19.4 Å². The first-order valence-corrected chi connectivity index (χ1v) is 9.44. The zero-order valence-electron chi connectivity index (χ0n) is 16.6. The Morgan fingerprint density at radius 2 is 1.77 bits per heavy atom. The molecule has 0 aliphatic heterocycles. The van der Waals surface area contributed by atoms with E-state index in [-0.39, 0.29) is 11.6 Å². The fourth-order valence-electron chi connectivity index (χ4n) is 2.93. The molecule has 8 nitrogen and oxygen atoms in total. The number of nitrogens with zero attached hydrogens (tertiary/aromatic N) is 4. The van der Waals surface area contributed by atoms with Crippen LogP contribution in [-0.4, -0.2) is 39.1 Å². The van der Waals surface area contributed by atoms with Crippen LogP contribution in [0.1, 0.15) is 16.2 Å². The molecule has 0 saturated carbocycles. The Kier molecular flexibility index (Phi) is 5.70. The van der Waals surface area contributed by atoms with Crippen molar-refractivity contribution in [3.8, 4) is 28.6 Å². The molecule has 2 N–H and O–H groups in total. The minimum absolute atomic E-state index is 0.0163. The van der Waals surface area contributed by atoms with E-state index in [9.17, 15) is 9.90 Å². The van der Waals surface area contributed by atoms with Gasteiger partial charge in [-0.15, -0.1) is 5.10 Å². The summed E-state index contributed by atoms with van der Waals surface area (Å²) in [5.41, 5.74) is 4.62. The lowest BCUT2D eigenvalue weighted by Gasteiger charge is -2.05. The Morgan fingerprint density at radius 3 is 2.45 bits per heavy atom. The van der Waals surface area contributed by atoms with Crippen molar-refractivity contribution < 1.29 is 14.6 Å². The summed E-state index contributed by atoms with van der Waals surface area (Å²) in [6.45, 7) is 0. The van der Waals surface area contributed by atoms with Gasteiger partial charge in [0, 0.05) is 5.56 Å². The van der Waals surface area contributed by atoms with Crippen LogP contribution in [0.15, 0.2) is 84.0 Å². The molecule has 0 atom stereocenters. The number of ether oxygens (including phenoxy) is 1. The van der Waals surface area contributed by atoms with E-state index in [0.717, 1.165) is 11.3 Å². The van der Waals surface area contributed by atoms with E-state index in [4.69, 9.17) is 4.74 Å². The third kappa shape index (κ3) is 4.43. The smallest absolute Gasteiger partial charge is 0.311 e. The Balaban J connectivity index is 1.58. The number of nitrogens with one attached hydrogen (secondary N) is 1. The van der Waals surface area contributed by atoms with Crippen molar-refractivity contribution in [2.45, 2.75) is 0 Å². The van der Waals surface area contributed by atoms with E-state index >= 15 is 0 Å². The second kappa shape index (κ2) is 8.91. The van der Waals surface area contributed by atoms with Crippen LogP contribution in [0, 0.1) is 0 Å². The summed E-state index contributed by atoms with van der Waals surface area (Å²) < 4.78 is 6.62. The van der Waals surface area contributed by atoms with Crippen molar-refractivity contribution in [1.82, 2.24) is 20.2 Å². The Bertz CT molecular complexity index is 1160. The number of hydrazone groups is 1. The normalized spacial score (nSPS) is 10.9. The molecule has 1 heterocycles. The third-order valence-electron chi connectivity index (χ3n) is 4.43. The summed E-state index contributed by atoms with van der Waals surface area (Å²) in [7, 11) is 1.47. The number of phenolic OH excluding ortho intramolecular Hbond substituents is 1. The average molecular weight is 413 g/mol. The first kappa shape index (κ1) is 19.8. The first-order chi connectivity index (χ1) is 15.2. The maximum atomic E-state index is 12.6. The monoisotopic (exact) mass is 413 g/mol.